The van der Waals surface area contributed by atoms with Crippen LogP contribution in [0.3, 0.4) is 0 Å². The summed E-state index contributed by atoms with van der Waals surface area (Å²) in [5, 5.41) is 9.47. The van der Waals surface area contributed by atoms with Gasteiger partial charge in [0.1, 0.15) is 0 Å². The number of likely N-dealkylation sites (N-methyl/N-ethyl adjacent to an activating group) is 1. The maximum absolute atomic E-state index is 10.9. The number of hydrogen-bond donors (Lipinski definition) is 1. The van der Waals surface area contributed by atoms with Crippen LogP contribution in [0.5, 0.6) is 0 Å². The summed E-state index contributed by atoms with van der Waals surface area (Å²) in [4.78, 5) is 15.3. The van der Waals surface area contributed by atoms with E-state index in [1.54, 1.807) is 12.1 Å². The van der Waals surface area contributed by atoms with Crippen LogP contribution in [0, 0.1) is 5.92 Å². The molecule has 0 heterocycles. The Bertz CT molecular complexity index is 461. The lowest BCUT2D eigenvalue weighted by Gasteiger charge is -2.29. The van der Waals surface area contributed by atoms with E-state index in [1.807, 2.05) is 14.1 Å². The molecule has 1 aromatic rings. The van der Waals surface area contributed by atoms with Gasteiger partial charge < -0.3 is 14.9 Å². The first kappa shape index (κ1) is 16.8. The third-order valence-electron chi connectivity index (χ3n) is 2.94. The highest BCUT2D eigenvalue weighted by atomic mass is 35.5. The average molecular weight is 299 g/mol. The molecule has 0 radical (unpaired) electrons. The van der Waals surface area contributed by atoms with E-state index in [1.165, 1.54) is 6.07 Å². The molecule has 1 rings (SSSR count). The van der Waals surface area contributed by atoms with E-state index in [4.69, 9.17) is 16.7 Å². The monoisotopic (exact) mass is 298 g/mol. The molecule has 0 unspecified atom stereocenters. The lowest BCUT2D eigenvalue weighted by Crippen LogP contribution is -2.34. The van der Waals surface area contributed by atoms with Gasteiger partial charge in [-0.2, -0.15) is 0 Å². The molecule has 20 heavy (non-hydrogen) atoms. The molecule has 0 spiro atoms. The summed E-state index contributed by atoms with van der Waals surface area (Å²) in [6, 6.07) is 4.92. The average Bonchev–Trinajstić information content (AvgIpc) is 2.33. The second-order valence-corrected chi connectivity index (χ2v) is 6.02. The van der Waals surface area contributed by atoms with Crippen molar-refractivity contribution in [3.8, 4) is 0 Å². The highest BCUT2D eigenvalue weighted by molar-refractivity contribution is 6.33. The highest BCUT2D eigenvalue weighted by Crippen LogP contribution is 2.27. The number of carboxylic acid groups (broad SMARTS) is 1. The first-order chi connectivity index (χ1) is 9.31. The molecule has 0 aliphatic carbocycles. The van der Waals surface area contributed by atoms with Gasteiger partial charge >= 0.3 is 5.97 Å². The third-order valence-corrected chi connectivity index (χ3v) is 3.24. The Morgan fingerprint density at radius 1 is 1.30 bits per heavy atom. The number of benzene rings is 1. The fourth-order valence-electron chi connectivity index (χ4n) is 1.97. The standard InChI is InChI=1S/C15H23ClN2O2/c1-11(2)10-18(8-7-17(3)4)14-6-5-12(15(19)20)9-13(14)16/h5-6,9,11H,7-8,10H2,1-4H3,(H,19,20). The fourth-order valence-corrected chi connectivity index (χ4v) is 2.27. The third kappa shape index (κ3) is 5.02. The molecule has 1 aromatic carbocycles. The SMILES string of the molecule is CC(C)CN(CCN(C)C)c1ccc(C(=O)O)cc1Cl. The van der Waals surface area contributed by atoms with E-state index < -0.39 is 5.97 Å². The normalized spacial score (nSPS) is 11.2. The molecular weight excluding hydrogens is 276 g/mol. The Kier molecular flexibility index (Phi) is 6.30. The van der Waals surface area contributed by atoms with Crippen LogP contribution in [0.25, 0.3) is 0 Å². The molecule has 0 aromatic heterocycles. The molecule has 0 aliphatic rings. The van der Waals surface area contributed by atoms with Gasteiger partial charge in [-0.15, -0.1) is 0 Å². The van der Waals surface area contributed by atoms with Crippen molar-refractivity contribution in [1.29, 1.82) is 0 Å². The molecule has 0 saturated carbocycles. The maximum Gasteiger partial charge on any atom is 0.335 e. The summed E-state index contributed by atoms with van der Waals surface area (Å²) >= 11 is 6.25. The number of halogens is 1. The van der Waals surface area contributed by atoms with E-state index >= 15 is 0 Å². The molecule has 0 bridgehead atoms. The topological polar surface area (TPSA) is 43.8 Å². The van der Waals surface area contributed by atoms with Crippen molar-refractivity contribution in [3.63, 3.8) is 0 Å². The lowest BCUT2D eigenvalue weighted by molar-refractivity contribution is 0.0697. The molecule has 112 valence electrons. The highest BCUT2D eigenvalue weighted by Gasteiger charge is 2.14. The Balaban J connectivity index is 2.97. The Labute approximate surface area is 125 Å². The number of anilines is 1. The van der Waals surface area contributed by atoms with Crippen molar-refractivity contribution in [2.24, 2.45) is 5.92 Å². The second-order valence-electron chi connectivity index (χ2n) is 5.61. The zero-order valence-corrected chi connectivity index (χ0v) is 13.3. The fraction of sp³-hybridized carbons (Fsp3) is 0.533. The van der Waals surface area contributed by atoms with Crippen LogP contribution in [0.4, 0.5) is 5.69 Å². The van der Waals surface area contributed by atoms with Crippen molar-refractivity contribution < 1.29 is 9.90 Å². The minimum absolute atomic E-state index is 0.218. The number of aromatic carboxylic acids is 1. The number of carboxylic acids is 1. The van der Waals surface area contributed by atoms with Crippen molar-refractivity contribution in [3.05, 3.63) is 28.8 Å². The van der Waals surface area contributed by atoms with Gasteiger partial charge in [0.15, 0.2) is 0 Å². The van der Waals surface area contributed by atoms with Crippen molar-refractivity contribution >= 4 is 23.3 Å². The predicted octanol–water partition coefficient (Wildman–Crippen LogP) is 3.06. The summed E-state index contributed by atoms with van der Waals surface area (Å²) in [5.74, 6) is -0.450. The molecule has 1 N–H and O–H groups in total. The Morgan fingerprint density at radius 2 is 1.95 bits per heavy atom. The largest absolute Gasteiger partial charge is 0.478 e. The number of nitrogens with zero attached hydrogens (tertiary/aromatic N) is 2. The van der Waals surface area contributed by atoms with Crippen LogP contribution < -0.4 is 4.90 Å². The minimum atomic E-state index is -0.956. The van der Waals surface area contributed by atoms with Crippen LogP contribution in [0.15, 0.2) is 18.2 Å². The van der Waals surface area contributed by atoms with Gasteiger partial charge in [-0.05, 0) is 38.2 Å². The summed E-state index contributed by atoms with van der Waals surface area (Å²) in [5.41, 5.74) is 1.11. The van der Waals surface area contributed by atoms with Gasteiger partial charge in [-0.3, -0.25) is 0 Å². The molecule has 0 atom stereocenters. The van der Waals surface area contributed by atoms with Crippen LogP contribution in [-0.4, -0.2) is 49.7 Å². The molecular formula is C15H23ClN2O2. The second kappa shape index (κ2) is 7.50. The number of rotatable bonds is 7. The van der Waals surface area contributed by atoms with Gasteiger partial charge in [0.05, 0.1) is 16.3 Å². The van der Waals surface area contributed by atoms with Gasteiger partial charge in [0, 0.05) is 19.6 Å². The van der Waals surface area contributed by atoms with E-state index in [0.29, 0.717) is 10.9 Å². The molecule has 0 amide bonds. The van der Waals surface area contributed by atoms with E-state index in [-0.39, 0.29) is 5.56 Å². The van der Waals surface area contributed by atoms with Crippen LogP contribution >= 0.6 is 11.6 Å². The zero-order chi connectivity index (χ0) is 15.3. The predicted molar refractivity (Wildman–Crippen MR) is 84.0 cm³/mol. The number of hydrogen-bond acceptors (Lipinski definition) is 3. The van der Waals surface area contributed by atoms with Crippen LogP contribution in [0.2, 0.25) is 5.02 Å². The van der Waals surface area contributed by atoms with Crippen molar-refractivity contribution in [2.45, 2.75) is 13.8 Å². The van der Waals surface area contributed by atoms with Crippen LogP contribution in [-0.2, 0) is 0 Å². The minimum Gasteiger partial charge on any atom is -0.478 e. The Morgan fingerprint density at radius 3 is 2.40 bits per heavy atom. The quantitative estimate of drug-likeness (QED) is 0.840. The lowest BCUT2D eigenvalue weighted by atomic mass is 10.1. The van der Waals surface area contributed by atoms with E-state index in [9.17, 15) is 4.79 Å². The summed E-state index contributed by atoms with van der Waals surface area (Å²) < 4.78 is 0. The van der Waals surface area contributed by atoms with Crippen molar-refractivity contribution in [2.75, 3.05) is 38.6 Å². The molecule has 5 heteroatoms. The molecule has 0 fully saturated rings. The zero-order valence-electron chi connectivity index (χ0n) is 12.6. The maximum atomic E-state index is 10.9. The number of carbonyl (C=O) groups is 1. The smallest absolute Gasteiger partial charge is 0.335 e. The van der Waals surface area contributed by atoms with Gasteiger partial charge in [-0.1, -0.05) is 25.4 Å². The first-order valence-corrected chi connectivity index (χ1v) is 7.11. The summed E-state index contributed by atoms with van der Waals surface area (Å²) in [7, 11) is 4.06. The Hall–Kier alpha value is -1.26. The van der Waals surface area contributed by atoms with Crippen LogP contribution in [0.1, 0.15) is 24.2 Å². The van der Waals surface area contributed by atoms with Gasteiger partial charge in [0.25, 0.3) is 0 Å². The molecule has 0 aliphatic heterocycles. The van der Waals surface area contributed by atoms with E-state index in [0.717, 1.165) is 25.3 Å². The van der Waals surface area contributed by atoms with Gasteiger partial charge in [0.2, 0.25) is 0 Å². The van der Waals surface area contributed by atoms with Crippen molar-refractivity contribution in [1.82, 2.24) is 4.90 Å². The van der Waals surface area contributed by atoms with Gasteiger partial charge in [-0.25, -0.2) is 4.79 Å². The summed E-state index contributed by atoms with van der Waals surface area (Å²) in [6.45, 7) is 6.98. The summed E-state index contributed by atoms with van der Waals surface area (Å²) in [6.07, 6.45) is 0. The molecule has 0 saturated heterocycles. The first-order valence-electron chi connectivity index (χ1n) is 6.73. The molecule has 4 nitrogen and oxygen atoms in total. The van der Waals surface area contributed by atoms with E-state index in [2.05, 4.69) is 23.6 Å².